The molecule has 1 aliphatic heterocycles. The largest absolute Gasteiger partial charge is 0.372 e. The van der Waals surface area contributed by atoms with Crippen molar-refractivity contribution < 1.29 is 4.74 Å². The van der Waals surface area contributed by atoms with Gasteiger partial charge >= 0.3 is 0 Å². The van der Waals surface area contributed by atoms with Gasteiger partial charge in [-0.3, -0.25) is 0 Å². The second-order valence-electron chi connectivity index (χ2n) is 7.13. The Labute approximate surface area is 137 Å². The van der Waals surface area contributed by atoms with E-state index in [-0.39, 0.29) is 0 Å². The van der Waals surface area contributed by atoms with Gasteiger partial charge in [0.2, 0.25) is 0 Å². The average Bonchev–Trinajstić information content (AvgIpc) is 2.84. The van der Waals surface area contributed by atoms with E-state index in [1.54, 1.807) is 0 Å². The molecule has 0 unspecified atom stereocenters. The molecule has 2 aromatic rings. The van der Waals surface area contributed by atoms with Crippen LogP contribution in [0.3, 0.4) is 0 Å². The maximum Gasteiger partial charge on any atom is 0.143 e. The topological polar surface area (TPSA) is 30.3 Å². The lowest BCUT2D eigenvalue weighted by atomic mass is 10.3. The lowest BCUT2D eigenvalue weighted by molar-refractivity contribution is 0.0898. The van der Waals surface area contributed by atoms with Crippen molar-refractivity contribution >= 4 is 36.6 Å². The maximum atomic E-state index is 5.87. The summed E-state index contributed by atoms with van der Waals surface area (Å²) in [7, 11) is 1.12. The average molecular weight is 336 g/mol. The Morgan fingerprint density at radius 1 is 1.36 bits per heavy atom. The molecule has 0 aromatic carbocycles. The molecule has 0 aliphatic carbocycles. The molecule has 4 nitrogen and oxygen atoms in total. The molecule has 0 amide bonds. The van der Waals surface area contributed by atoms with Gasteiger partial charge in [0.15, 0.2) is 0 Å². The van der Waals surface area contributed by atoms with Crippen LogP contribution in [0.4, 0.5) is 5.69 Å². The number of fused-ring (bicyclic) bond motifs is 2. The van der Waals surface area contributed by atoms with Crippen molar-refractivity contribution in [1.29, 1.82) is 0 Å². The Bertz CT molecular complexity index is 665. The highest BCUT2D eigenvalue weighted by Crippen LogP contribution is 2.34. The van der Waals surface area contributed by atoms with Gasteiger partial charge < -0.3 is 14.2 Å². The Balaban J connectivity index is 1.74. The highest BCUT2D eigenvalue weighted by atomic mass is 32.2. The fourth-order valence-electron chi connectivity index (χ4n) is 2.51. The first-order valence-corrected chi connectivity index (χ1v) is 12.5. The van der Waals surface area contributed by atoms with Gasteiger partial charge in [0.25, 0.3) is 0 Å². The fourth-order valence-corrected chi connectivity index (χ4v) is 4.34. The van der Waals surface area contributed by atoms with Crippen LogP contribution in [0.15, 0.2) is 23.4 Å². The number of ether oxygens (including phenoxy) is 1. The van der Waals surface area contributed by atoms with Crippen molar-refractivity contribution in [2.24, 2.45) is 0 Å². The number of thioether (sulfide) groups is 1. The molecule has 22 heavy (non-hydrogen) atoms. The minimum absolute atomic E-state index is 0.597. The van der Waals surface area contributed by atoms with Gasteiger partial charge in [-0.1, -0.05) is 19.6 Å². The van der Waals surface area contributed by atoms with Crippen molar-refractivity contribution in [2.45, 2.75) is 37.4 Å². The minimum Gasteiger partial charge on any atom is -0.372 e. The van der Waals surface area contributed by atoms with E-state index in [0.29, 0.717) is 6.73 Å². The van der Waals surface area contributed by atoms with Gasteiger partial charge in [-0.2, -0.15) is 0 Å². The lowest BCUT2D eigenvalue weighted by Crippen LogP contribution is -2.24. The molecule has 6 heteroatoms. The molecule has 0 saturated heterocycles. The van der Waals surface area contributed by atoms with E-state index in [9.17, 15) is 0 Å². The molecular weight excluding hydrogens is 310 g/mol. The molecule has 0 saturated carbocycles. The van der Waals surface area contributed by atoms with Crippen molar-refractivity contribution in [3.8, 4) is 0 Å². The Morgan fingerprint density at radius 3 is 2.95 bits per heavy atom. The standard InChI is InChI=1S/C16H25N3OSSi/c1-18-7-9-21-16-14(18)11-13-5-6-19(15(13)17-16)12-20-8-10-22(2,3)4/h5-6,11H,7-10,12H2,1-4H3. The summed E-state index contributed by atoms with van der Waals surface area (Å²) in [6, 6.07) is 5.59. The van der Waals surface area contributed by atoms with Gasteiger partial charge in [0.05, 0.1) is 5.69 Å². The van der Waals surface area contributed by atoms with E-state index < -0.39 is 8.07 Å². The van der Waals surface area contributed by atoms with E-state index in [1.807, 2.05) is 11.8 Å². The highest BCUT2D eigenvalue weighted by molar-refractivity contribution is 7.99. The predicted octanol–water partition coefficient (Wildman–Crippen LogP) is 3.89. The van der Waals surface area contributed by atoms with Gasteiger partial charge in [-0.05, 0) is 18.2 Å². The number of nitrogens with zero attached hydrogens (tertiary/aromatic N) is 3. The van der Waals surface area contributed by atoms with E-state index in [4.69, 9.17) is 9.72 Å². The van der Waals surface area contributed by atoms with Crippen molar-refractivity contribution in [2.75, 3.05) is 30.9 Å². The number of pyridine rings is 1. The molecule has 2 aromatic heterocycles. The number of anilines is 1. The van der Waals surface area contributed by atoms with Crippen LogP contribution in [0.5, 0.6) is 0 Å². The first kappa shape index (κ1) is 15.9. The predicted molar refractivity (Wildman–Crippen MR) is 97.8 cm³/mol. The molecule has 0 fully saturated rings. The van der Waals surface area contributed by atoms with Crippen molar-refractivity contribution in [3.63, 3.8) is 0 Å². The zero-order valence-electron chi connectivity index (χ0n) is 13.9. The molecule has 3 rings (SSSR count). The molecule has 3 heterocycles. The Morgan fingerprint density at radius 2 is 2.18 bits per heavy atom. The zero-order valence-corrected chi connectivity index (χ0v) is 15.7. The Kier molecular flexibility index (Phi) is 4.52. The van der Waals surface area contributed by atoms with Crippen LogP contribution in [0, 0.1) is 0 Å². The van der Waals surface area contributed by atoms with Gasteiger partial charge in [-0.25, -0.2) is 4.98 Å². The molecule has 0 spiro atoms. The SMILES string of the molecule is CN1CCSc2nc3c(ccn3COCC[Si](C)(C)C)cc21. The van der Waals surface area contributed by atoms with Crippen LogP contribution in [0.25, 0.3) is 11.0 Å². The molecule has 1 aliphatic rings. The smallest absolute Gasteiger partial charge is 0.143 e. The van der Waals surface area contributed by atoms with E-state index in [1.165, 1.54) is 17.1 Å². The van der Waals surface area contributed by atoms with Crippen molar-refractivity contribution in [3.05, 3.63) is 18.3 Å². The summed E-state index contributed by atoms with van der Waals surface area (Å²) in [5, 5.41) is 2.34. The summed E-state index contributed by atoms with van der Waals surface area (Å²) in [4.78, 5) is 7.16. The summed E-state index contributed by atoms with van der Waals surface area (Å²) in [5.74, 6) is 1.11. The third-order valence-electron chi connectivity index (χ3n) is 3.99. The third-order valence-corrected chi connectivity index (χ3v) is 6.65. The molecule has 0 bridgehead atoms. The number of hydrogen-bond donors (Lipinski definition) is 0. The summed E-state index contributed by atoms with van der Waals surface area (Å²) in [6.07, 6.45) is 2.09. The molecule has 120 valence electrons. The summed E-state index contributed by atoms with van der Waals surface area (Å²) in [5.41, 5.74) is 2.29. The van der Waals surface area contributed by atoms with E-state index >= 15 is 0 Å². The van der Waals surface area contributed by atoms with Crippen LogP contribution in [0.2, 0.25) is 25.7 Å². The first-order valence-electron chi connectivity index (χ1n) is 7.86. The molecule has 0 N–H and O–H groups in total. The van der Waals surface area contributed by atoms with E-state index in [0.717, 1.165) is 29.6 Å². The van der Waals surface area contributed by atoms with Gasteiger partial charge in [0.1, 0.15) is 17.4 Å². The number of rotatable bonds is 5. The molecule has 0 atom stereocenters. The van der Waals surface area contributed by atoms with Crippen LogP contribution in [0.1, 0.15) is 0 Å². The summed E-state index contributed by atoms with van der Waals surface area (Å²) < 4.78 is 7.99. The maximum absolute atomic E-state index is 5.87. The third kappa shape index (κ3) is 3.50. The van der Waals surface area contributed by atoms with Crippen LogP contribution >= 0.6 is 11.8 Å². The second kappa shape index (κ2) is 6.26. The highest BCUT2D eigenvalue weighted by Gasteiger charge is 2.18. The van der Waals surface area contributed by atoms with Crippen LogP contribution in [-0.2, 0) is 11.5 Å². The van der Waals surface area contributed by atoms with Gasteiger partial charge in [0, 0.05) is 45.6 Å². The number of hydrogen-bond acceptors (Lipinski definition) is 4. The summed E-state index contributed by atoms with van der Waals surface area (Å²) >= 11 is 1.85. The van der Waals surface area contributed by atoms with Crippen LogP contribution in [-0.4, -0.2) is 43.6 Å². The summed E-state index contributed by atoms with van der Waals surface area (Å²) in [6.45, 7) is 9.67. The molecule has 0 radical (unpaired) electrons. The second-order valence-corrected chi connectivity index (χ2v) is 13.8. The lowest BCUT2D eigenvalue weighted by Gasteiger charge is -2.26. The fraction of sp³-hybridized carbons (Fsp3) is 0.562. The Hall–Kier alpha value is -0.983. The monoisotopic (exact) mass is 335 g/mol. The van der Waals surface area contributed by atoms with Crippen molar-refractivity contribution in [1.82, 2.24) is 9.55 Å². The normalized spacial score (nSPS) is 15.4. The minimum atomic E-state index is -1.02. The zero-order chi connectivity index (χ0) is 15.7. The first-order chi connectivity index (χ1) is 10.4. The van der Waals surface area contributed by atoms with Gasteiger partial charge in [-0.15, -0.1) is 11.8 Å². The number of aromatic nitrogens is 2. The quantitative estimate of drug-likeness (QED) is 0.612. The molecular formula is C16H25N3OSSi. The van der Waals surface area contributed by atoms with Crippen LogP contribution < -0.4 is 4.90 Å². The van der Waals surface area contributed by atoms with E-state index in [2.05, 4.69) is 54.5 Å².